The van der Waals surface area contributed by atoms with Crippen molar-refractivity contribution in [2.24, 2.45) is 0 Å². The first-order chi connectivity index (χ1) is 20.8. The fraction of sp³-hybridized carbons (Fsp3) is 0.812. The zero-order chi connectivity index (χ0) is 33.1. The van der Waals surface area contributed by atoms with E-state index in [1.165, 1.54) is 129 Å². The highest BCUT2D eigenvalue weighted by Crippen LogP contribution is 2.08. The maximum Gasteiger partial charge on any atom is 0.243 e. The van der Waals surface area contributed by atoms with E-state index in [0.29, 0.717) is 12.5 Å². The normalized spacial score (nSPS) is 11.5. The van der Waals surface area contributed by atoms with Gasteiger partial charge in [-0.15, -0.1) is 0 Å². The molecule has 0 aliphatic carbocycles. The molecule has 0 amide bonds. The molecule has 0 saturated carbocycles. The van der Waals surface area contributed by atoms with E-state index in [9.17, 15) is 0 Å². The van der Waals surface area contributed by atoms with Crippen molar-refractivity contribution in [1.82, 2.24) is 9.13 Å². The quantitative estimate of drug-likeness (QED) is 0.0821. The molecular weight excluding hydrogens is 601 g/mol. The highest BCUT2D eigenvalue weighted by Gasteiger charge is 2.05. The van der Waals surface area contributed by atoms with E-state index in [1.54, 1.807) is 0 Å². The Kier molecular flexibility index (Phi) is 25.4. The van der Waals surface area contributed by atoms with Crippen LogP contribution >= 0.6 is 0 Å². The van der Waals surface area contributed by atoms with Crippen molar-refractivity contribution in [3.05, 3.63) is 37.4 Å². The molecule has 0 fully saturated rings. The number of hydrogen-bond donors (Lipinski definition) is 0. The van der Waals surface area contributed by atoms with E-state index >= 15 is 0 Å². The third kappa shape index (κ3) is 33.1. The maximum atomic E-state index is 9.08. The molecule has 0 unspecified atom stereocenters. The molecule has 2 aromatic heterocycles. The Hall–Kier alpha value is -1.76. The van der Waals surface area contributed by atoms with E-state index in [0.717, 1.165) is 13.1 Å². The van der Waals surface area contributed by atoms with E-state index in [2.05, 4.69) is 69.6 Å². The van der Waals surface area contributed by atoms with Gasteiger partial charge >= 0.3 is 0 Å². The number of rotatable bonds is 23. The Morgan fingerprint density at radius 2 is 0.773 bits per heavy atom. The Morgan fingerprint density at radius 1 is 0.500 bits per heavy atom. The lowest BCUT2D eigenvalue weighted by Crippen LogP contribution is -2.30. The summed E-state index contributed by atoms with van der Waals surface area (Å²) in [6.45, 7) is 9.25. The topological polar surface area (TPSA) is 132 Å². The number of unbranched alkanes of at least 4 members (excludes halogenated alkanes) is 15. The molecule has 2 aromatic rings. The SMILES string of the molecule is CCCCCCCCC[n+]1ccn(CCCCCCn2cc[n+](CCCCCCCCC)c2)c1.CS(=O)(=O)[O-].CS(=O)(=O)[O-]. The van der Waals surface area contributed by atoms with Gasteiger partial charge in [-0.3, -0.25) is 0 Å². The van der Waals surface area contributed by atoms with Gasteiger partial charge in [0, 0.05) is 12.5 Å². The van der Waals surface area contributed by atoms with Crippen LogP contribution in [0.2, 0.25) is 0 Å². The van der Waals surface area contributed by atoms with Crippen molar-refractivity contribution in [1.29, 1.82) is 0 Å². The predicted octanol–water partition coefficient (Wildman–Crippen LogP) is 5.95. The minimum atomic E-state index is -3.92. The third-order valence-corrected chi connectivity index (χ3v) is 7.11. The van der Waals surface area contributed by atoms with Gasteiger partial charge in [0.1, 0.15) is 24.8 Å². The predicted molar refractivity (Wildman–Crippen MR) is 175 cm³/mol. The van der Waals surface area contributed by atoms with Crippen LogP contribution in [0.15, 0.2) is 37.4 Å². The van der Waals surface area contributed by atoms with Crippen LogP contribution in [0.25, 0.3) is 0 Å². The molecule has 0 atom stereocenters. The molecule has 44 heavy (non-hydrogen) atoms. The zero-order valence-corrected chi connectivity index (χ0v) is 29.7. The fourth-order valence-corrected chi connectivity index (χ4v) is 4.85. The lowest BCUT2D eigenvalue weighted by atomic mass is 10.1. The molecule has 258 valence electrons. The first-order valence-corrected chi connectivity index (χ1v) is 20.4. The number of hydrogen-bond acceptors (Lipinski definition) is 6. The Labute approximate surface area is 269 Å². The average Bonchev–Trinajstić information content (AvgIpc) is 3.57. The highest BCUT2D eigenvalue weighted by atomic mass is 32.2. The van der Waals surface area contributed by atoms with Crippen molar-refractivity contribution in [3.63, 3.8) is 0 Å². The second-order valence-electron chi connectivity index (χ2n) is 11.8. The van der Waals surface area contributed by atoms with Gasteiger partial charge < -0.3 is 9.11 Å². The minimum absolute atomic E-state index is 0.604. The third-order valence-electron chi connectivity index (χ3n) is 7.11. The Balaban J connectivity index is 0.00000159. The van der Waals surface area contributed by atoms with Gasteiger partial charge in [-0.25, -0.2) is 35.1 Å². The van der Waals surface area contributed by atoms with E-state index in [4.69, 9.17) is 25.9 Å². The molecule has 0 bridgehead atoms. The number of aryl methyl sites for hydroxylation is 4. The van der Waals surface area contributed by atoms with Crippen molar-refractivity contribution in [2.45, 2.75) is 156 Å². The molecule has 0 N–H and O–H groups in total. The molecule has 0 aliphatic heterocycles. The van der Waals surface area contributed by atoms with Crippen molar-refractivity contribution in [3.8, 4) is 0 Å². The molecule has 0 saturated heterocycles. The summed E-state index contributed by atoms with van der Waals surface area (Å²) in [6.07, 6.45) is 39.5. The van der Waals surface area contributed by atoms with Crippen molar-refractivity contribution >= 4 is 20.2 Å². The lowest BCUT2D eigenvalue weighted by molar-refractivity contribution is -0.697. The summed E-state index contributed by atoms with van der Waals surface area (Å²) in [5.41, 5.74) is 0. The summed E-state index contributed by atoms with van der Waals surface area (Å²) in [5.74, 6) is 0. The molecule has 12 heteroatoms. The smallest absolute Gasteiger partial charge is 0.243 e. The molecular formula is C32H62N4O6S2. The van der Waals surface area contributed by atoms with Crippen LogP contribution in [0.4, 0.5) is 0 Å². The Bertz CT molecular complexity index is 1040. The van der Waals surface area contributed by atoms with Gasteiger partial charge in [0.25, 0.3) is 0 Å². The van der Waals surface area contributed by atoms with Crippen LogP contribution in [-0.4, -0.2) is 47.6 Å². The van der Waals surface area contributed by atoms with Crippen LogP contribution in [0, 0.1) is 0 Å². The summed E-state index contributed by atoms with van der Waals surface area (Å²) in [7, 11) is -7.83. The van der Waals surface area contributed by atoms with Crippen LogP contribution < -0.4 is 9.13 Å². The summed E-state index contributed by atoms with van der Waals surface area (Å²) >= 11 is 0. The van der Waals surface area contributed by atoms with Crippen LogP contribution in [0.5, 0.6) is 0 Å². The monoisotopic (exact) mass is 662 g/mol. The Morgan fingerprint density at radius 3 is 1.09 bits per heavy atom. The first kappa shape index (κ1) is 42.2. The molecule has 0 radical (unpaired) electrons. The minimum Gasteiger partial charge on any atom is -0.748 e. The van der Waals surface area contributed by atoms with Crippen LogP contribution in [0.3, 0.4) is 0 Å². The van der Waals surface area contributed by atoms with E-state index in [1.807, 2.05) is 0 Å². The van der Waals surface area contributed by atoms with Gasteiger partial charge in [0.2, 0.25) is 12.7 Å². The zero-order valence-electron chi connectivity index (χ0n) is 28.1. The summed E-state index contributed by atoms with van der Waals surface area (Å²) in [4.78, 5) is 0. The average molecular weight is 663 g/mol. The van der Waals surface area contributed by atoms with Gasteiger partial charge in [0.05, 0.1) is 46.4 Å². The summed E-state index contributed by atoms with van der Waals surface area (Å²) in [6, 6.07) is 0. The van der Waals surface area contributed by atoms with Gasteiger partial charge in [-0.05, 0) is 51.4 Å². The summed E-state index contributed by atoms with van der Waals surface area (Å²) in [5, 5.41) is 0. The maximum absolute atomic E-state index is 9.08. The van der Waals surface area contributed by atoms with Crippen molar-refractivity contribution in [2.75, 3.05) is 12.5 Å². The molecule has 2 heterocycles. The summed E-state index contributed by atoms with van der Waals surface area (Å²) < 4.78 is 64.0. The van der Waals surface area contributed by atoms with E-state index in [-0.39, 0.29) is 0 Å². The second kappa shape index (κ2) is 26.5. The highest BCUT2D eigenvalue weighted by molar-refractivity contribution is 7.85. The standard InChI is InChI=1S/C30H56N4.2CH4O3S/c1-3-5-7-9-11-13-17-21-31-25-27-33(29-31)23-19-15-16-20-24-34-28-26-32(30-34)22-18-14-12-10-8-6-4-2;2*1-5(2,3)4/h25-30H,3-24H2,1-2H3;2*1H3,(H,2,3,4)/q+2;;/p-2. The van der Waals surface area contributed by atoms with Gasteiger partial charge in [-0.2, -0.15) is 0 Å². The number of imidazole rings is 2. The molecule has 10 nitrogen and oxygen atoms in total. The molecule has 0 aliphatic rings. The van der Waals surface area contributed by atoms with Crippen molar-refractivity contribution < 1.29 is 35.1 Å². The van der Waals surface area contributed by atoms with Crippen LogP contribution in [-0.2, 0) is 46.4 Å². The second-order valence-corrected chi connectivity index (χ2v) is 14.7. The molecule has 0 aromatic carbocycles. The number of nitrogens with zero attached hydrogens (tertiary/aromatic N) is 4. The van der Waals surface area contributed by atoms with Gasteiger partial charge in [-0.1, -0.05) is 78.1 Å². The van der Waals surface area contributed by atoms with Crippen LogP contribution in [0.1, 0.15) is 129 Å². The fourth-order valence-electron chi connectivity index (χ4n) is 4.85. The van der Waals surface area contributed by atoms with E-state index < -0.39 is 20.2 Å². The largest absolute Gasteiger partial charge is 0.748 e. The molecule has 2 rings (SSSR count). The first-order valence-electron chi connectivity index (χ1n) is 16.7. The van der Waals surface area contributed by atoms with Gasteiger partial charge in [0.15, 0.2) is 0 Å². The number of aromatic nitrogens is 4. The lowest BCUT2D eigenvalue weighted by Gasteiger charge is -2.00. The molecule has 0 spiro atoms.